The lowest BCUT2D eigenvalue weighted by molar-refractivity contribution is -0.139. The van der Waals surface area contributed by atoms with Crippen LogP contribution in [0.5, 0.6) is 0 Å². The Bertz CT molecular complexity index is 560. The molecular weight excluding hydrogens is 288 g/mol. The van der Waals surface area contributed by atoms with Gasteiger partial charge in [0.1, 0.15) is 0 Å². The third kappa shape index (κ3) is 4.31. The van der Waals surface area contributed by atoms with Crippen LogP contribution in [0.25, 0.3) is 0 Å². The van der Waals surface area contributed by atoms with E-state index in [2.05, 4.69) is 6.92 Å². The number of Topliss-reactive ketones (excluding diaryl/α,β-unsaturated/α-hetero) is 1. The first kappa shape index (κ1) is 17.5. The predicted molar refractivity (Wildman–Crippen MR) is 91.2 cm³/mol. The molecule has 0 unspecified atom stereocenters. The summed E-state index contributed by atoms with van der Waals surface area (Å²) in [5.74, 6) is -0.425. The maximum atomic E-state index is 13.0. The van der Waals surface area contributed by atoms with Gasteiger partial charge < -0.3 is 4.74 Å². The van der Waals surface area contributed by atoms with Crippen molar-refractivity contribution in [2.45, 2.75) is 46.0 Å². The van der Waals surface area contributed by atoms with Gasteiger partial charge in [-0.2, -0.15) is 0 Å². The van der Waals surface area contributed by atoms with Crippen LogP contribution in [0, 0.1) is 11.8 Å². The lowest BCUT2D eigenvalue weighted by atomic mass is 9.81. The van der Waals surface area contributed by atoms with E-state index < -0.39 is 0 Å². The molecule has 0 aliphatic heterocycles. The number of benzene rings is 1. The molecule has 0 N–H and O–H groups in total. The van der Waals surface area contributed by atoms with Crippen molar-refractivity contribution in [2.75, 3.05) is 6.61 Å². The van der Waals surface area contributed by atoms with Gasteiger partial charge in [0.2, 0.25) is 0 Å². The molecule has 2 atom stereocenters. The first-order valence-corrected chi connectivity index (χ1v) is 8.65. The molecule has 3 heteroatoms. The Morgan fingerprint density at radius 3 is 2.52 bits per heavy atom. The Balaban J connectivity index is 2.19. The monoisotopic (exact) mass is 314 g/mol. The van der Waals surface area contributed by atoms with Crippen LogP contribution in [0.3, 0.4) is 0 Å². The predicted octanol–water partition coefficient (Wildman–Crippen LogP) is 4.58. The van der Waals surface area contributed by atoms with Crippen LogP contribution in [-0.4, -0.2) is 18.4 Å². The first-order valence-electron chi connectivity index (χ1n) is 8.65. The average Bonchev–Trinajstić information content (AvgIpc) is 2.99. The van der Waals surface area contributed by atoms with Crippen molar-refractivity contribution < 1.29 is 14.3 Å². The van der Waals surface area contributed by atoms with Gasteiger partial charge >= 0.3 is 5.97 Å². The molecule has 0 spiro atoms. The van der Waals surface area contributed by atoms with Crippen LogP contribution >= 0.6 is 0 Å². The van der Waals surface area contributed by atoms with Crippen molar-refractivity contribution in [1.29, 1.82) is 0 Å². The number of carbonyl (C=O) groups excluding carboxylic acids is 2. The van der Waals surface area contributed by atoms with E-state index in [0.717, 1.165) is 32.1 Å². The minimum absolute atomic E-state index is 0.0453. The molecule has 1 aliphatic rings. The number of esters is 1. The number of hydrogen-bond acceptors (Lipinski definition) is 3. The molecule has 23 heavy (non-hydrogen) atoms. The number of allylic oxidation sites excluding steroid dienone is 1. The molecule has 0 heterocycles. The number of hydrogen-bond donors (Lipinski definition) is 0. The molecule has 3 nitrogen and oxygen atoms in total. The third-order valence-electron chi connectivity index (χ3n) is 4.48. The Hall–Kier alpha value is -1.90. The largest absolute Gasteiger partial charge is 0.463 e. The Labute approximate surface area is 138 Å². The van der Waals surface area contributed by atoms with Crippen molar-refractivity contribution in [3.8, 4) is 0 Å². The topological polar surface area (TPSA) is 43.4 Å². The molecule has 0 saturated heterocycles. The number of rotatable bonds is 8. The van der Waals surface area contributed by atoms with E-state index in [1.165, 1.54) is 0 Å². The van der Waals surface area contributed by atoms with Crippen LogP contribution in [0.2, 0.25) is 0 Å². The fraction of sp³-hybridized carbons (Fsp3) is 0.500. The average molecular weight is 314 g/mol. The van der Waals surface area contributed by atoms with Gasteiger partial charge in [-0.3, -0.25) is 4.79 Å². The van der Waals surface area contributed by atoms with Crippen molar-refractivity contribution in [3.63, 3.8) is 0 Å². The molecule has 1 aromatic carbocycles. The molecule has 0 aromatic heterocycles. The molecule has 1 aliphatic carbocycles. The molecule has 1 aromatic rings. The van der Waals surface area contributed by atoms with Crippen molar-refractivity contribution in [3.05, 3.63) is 47.5 Å². The summed E-state index contributed by atoms with van der Waals surface area (Å²) >= 11 is 0. The van der Waals surface area contributed by atoms with Gasteiger partial charge in [0.05, 0.1) is 12.5 Å². The second-order valence-corrected chi connectivity index (χ2v) is 6.08. The van der Waals surface area contributed by atoms with Crippen molar-refractivity contribution >= 4 is 11.8 Å². The highest BCUT2D eigenvalue weighted by Crippen LogP contribution is 2.38. The fourth-order valence-corrected chi connectivity index (χ4v) is 3.30. The number of ketones is 1. The molecule has 0 saturated carbocycles. The standard InChI is InChI=1S/C20H26O3/c1-3-5-7-10-15-13-14-17(20(22)23-4-2)18(15)19(21)16-11-8-6-9-12-16/h6,8-9,11-12,14-15,18H,3-5,7,10,13H2,1-2H3/t15-,18+/m1/s1. The number of ether oxygens (including phenoxy) is 1. The number of unbranched alkanes of at least 4 members (excludes halogenated alkanes) is 2. The van der Waals surface area contributed by atoms with E-state index in [4.69, 9.17) is 4.74 Å². The van der Waals surface area contributed by atoms with E-state index >= 15 is 0 Å². The minimum Gasteiger partial charge on any atom is -0.463 e. The van der Waals surface area contributed by atoms with Gasteiger partial charge in [-0.25, -0.2) is 4.79 Å². The zero-order chi connectivity index (χ0) is 16.7. The summed E-state index contributed by atoms with van der Waals surface area (Å²) in [6, 6.07) is 9.27. The second kappa shape index (κ2) is 8.66. The van der Waals surface area contributed by atoms with Crippen molar-refractivity contribution in [2.24, 2.45) is 11.8 Å². The van der Waals surface area contributed by atoms with E-state index in [-0.39, 0.29) is 23.6 Å². The highest BCUT2D eigenvalue weighted by molar-refractivity contribution is 6.06. The molecule has 0 fully saturated rings. The molecule has 0 radical (unpaired) electrons. The summed E-state index contributed by atoms with van der Waals surface area (Å²) in [7, 11) is 0. The summed E-state index contributed by atoms with van der Waals surface area (Å²) in [5, 5.41) is 0. The van der Waals surface area contributed by atoms with E-state index in [0.29, 0.717) is 17.7 Å². The quantitative estimate of drug-likeness (QED) is 0.401. The number of carbonyl (C=O) groups is 2. The Kier molecular flexibility index (Phi) is 6.57. The van der Waals surface area contributed by atoms with Gasteiger partial charge in [-0.05, 0) is 25.7 Å². The molecule has 0 amide bonds. The highest BCUT2D eigenvalue weighted by atomic mass is 16.5. The maximum absolute atomic E-state index is 13.0. The SMILES string of the molecule is CCCCC[C@@H]1CC=C(C(=O)OCC)[C@H]1C(=O)c1ccccc1. The molecule has 2 rings (SSSR count). The summed E-state index contributed by atoms with van der Waals surface area (Å²) in [6.07, 6.45) is 7.11. The van der Waals surface area contributed by atoms with Gasteiger partial charge in [0, 0.05) is 11.1 Å². The van der Waals surface area contributed by atoms with Gasteiger partial charge in [-0.15, -0.1) is 0 Å². The van der Waals surface area contributed by atoms with Crippen LogP contribution in [0.15, 0.2) is 42.0 Å². The van der Waals surface area contributed by atoms with Gasteiger partial charge in [0.15, 0.2) is 5.78 Å². The second-order valence-electron chi connectivity index (χ2n) is 6.08. The summed E-state index contributed by atoms with van der Waals surface area (Å²) in [6.45, 7) is 4.30. The molecular formula is C20H26O3. The first-order chi connectivity index (χ1) is 11.2. The van der Waals surface area contributed by atoms with E-state index in [1.807, 2.05) is 36.4 Å². The Morgan fingerprint density at radius 1 is 1.13 bits per heavy atom. The van der Waals surface area contributed by atoms with E-state index in [9.17, 15) is 9.59 Å². The van der Waals surface area contributed by atoms with Crippen LogP contribution in [0.1, 0.15) is 56.3 Å². The van der Waals surface area contributed by atoms with Crippen LogP contribution in [0.4, 0.5) is 0 Å². The zero-order valence-corrected chi connectivity index (χ0v) is 14.1. The maximum Gasteiger partial charge on any atom is 0.334 e. The normalized spacial score (nSPS) is 20.2. The summed E-state index contributed by atoms with van der Waals surface area (Å²) in [4.78, 5) is 25.2. The molecule has 0 bridgehead atoms. The summed E-state index contributed by atoms with van der Waals surface area (Å²) in [5.41, 5.74) is 1.23. The van der Waals surface area contributed by atoms with Gasteiger partial charge in [0.25, 0.3) is 0 Å². The zero-order valence-electron chi connectivity index (χ0n) is 14.1. The van der Waals surface area contributed by atoms with Crippen LogP contribution in [-0.2, 0) is 9.53 Å². The minimum atomic E-state index is -0.353. The highest BCUT2D eigenvalue weighted by Gasteiger charge is 2.39. The van der Waals surface area contributed by atoms with Crippen LogP contribution < -0.4 is 0 Å². The fourth-order valence-electron chi connectivity index (χ4n) is 3.30. The Morgan fingerprint density at radius 2 is 1.87 bits per heavy atom. The lowest BCUT2D eigenvalue weighted by Crippen LogP contribution is -2.26. The van der Waals surface area contributed by atoms with Gasteiger partial charge in [-0.1, -0.05) is 62.6 Å². The lowest BCUT2D eigenvalue weighted by Gasteiger charge is -2.21. The summed E-state index contributed by atoms with van der Waals surface area (Å²) < 4.78 is 5.16. The molecule has 124 valence electrons. The van der Waals surface area contributed by atoms with E-state index in [1.54, 1.807) is 6.92 Å². The van der Waals surface area contributed by atoms with Crippen molar-refractivity contribution in [1.82, 2.24) is 0 Å². The third-order valence-corrected chi connectivity index (χ3v) is 4.48. The smallest absolute Gasteiger partial charge is 0.334 e.